The Morgan fingerprint density at radius 2 is 2.00 bits per heavy atom. The number of hydrogen-bond acceptors (Lipinski definition) is 5. The third-order valence-electron chi connectivity index (χ3n) is 5.22. The molecule has 1 aromatic carbocycles. The van der Waals surface area contributed by atoms with Crippen LogP contribution in [-0.2, 0) is 11.2 Å². The average Bonchev–Trinajstić information content (AvgIpc) is 3.14. The summed E-state index contributed by atoms with van der Waals surface area (Å²) in [5, 5.41) is 0. The maximum absolute atomic E-state index is 13.2. The lowest BCUT2D eigenvalue weighted by Crippen LogP contribution is -2.27. The number of carbonyl (C=O) groups excluding carboxylic acids is 1. The number of carbonyl (C=O) groups is 1. The van der Waals surface area contributed by atoms with Gasteiger partial charge >= 0.3 is 0 Å². The van der Waals surface area contributed by atoms with Gasteiger partial charge in [0.2, 0.25) is 11.9 Å². The summed E-state index contributed by atoms with van der Waals surface area (Å²) in [4.78, 5) is 39.9. The van der Waals surface area contributed by atoms with Crippen molar-refractivity contribution in [2.45, 2.75) is 18.8 Å². The van der Waals surface area contributed by atoms with Gasteiger partial charge in [-0.1, -0.05) is 6.07 Å². The molecule has 30 heavy (non-hydrogen) atoms. The number of benzene rings is 1. The van der Waals surface area contributed by atoms with Crippen LogP contribution in [-0.4, -0.2) is 41.0 Å². The van der Waals surface area contributed by atoms with Crippen LogP contribution >= 0.6 is 0 Å². The largest absolute Gasteiger partial charge is 0.345 e. The van der Waals surface area contributed by atoms with E-state index in [1.165, 1.54) is 18.2 Å². The van der Waals surface area contributed by atoms with Crippen molar-refractivity contribution in [2.24, 2.45) is 0 Å². The first-order valence-corrected chi connectivity index (χ1v) is 9.78. The minimum Gasteiger partial charge on any atom is -0.345 e. The van der Waals surface area contributed by atoms with Crippen LogP contribution in [0.5, 0.6) is 0 Å². The Hall–Kier alpha value is -3.55. The van der Waals surface area contributed by atoms with Crippen LogP contribution in [0.1, 0.15) is 23.7 Å². The van der Waals surface area contributed by atoms with Crippen LogP contribution in [0.15, 0.2) is 59.5 Å². The molecule has 3 aromatic rings. The van der Waals surface area contributed by atoms with E-state index in [1.807, 2.05) is 30.1 Å². The summed E-state index contributed by atoms with van der Waals surface area (Å²) in [6.45, 7) is 1.03. The summed E-state index contributed by atoms with van der Waals surface area (Å²) >= 11 is 0. The Morgan fingerprint density at radius 3 is 2.73 bits per heavy atom. The van der Waals surface area contributed by atoms with Crippen LogP contribution < -0.4 is 15.4 Å². The number of hydrogen-bond donors (Lipinski definition) is 1. The van der Waals surface area contributed by atoms with Crippen molar-refractivity contribution < 1.29 is 9.18 Å². The molecule has 1 aliphatic heterocycles. The Balaban J connectivity index is 1.49. The van der Waals surface area contributed by atoms with E-state index in [4.69, 9.17) is 0 Å². The monoisotopic (exact) mass is 407 g/mol. The molecule has 154 valence electrons. The van der Waals surface area contributed by atoms with Crippen molar-refractivity contribution in [3.63, 3.8) is 0 Å². The minimum absolute atomic E-state index is 0.0706. The van der Waals surface area contributed by atoms with Crippen LogP contribution in [0, 0.1) is 5.82 Å². The molecule has 0 saturated carbocycles. The van der Waals surface area contributed by atoms with E-state index in [9.17, 15) is 14.0 Å². The molecule has 0 aliphatic carbocycles. The van der Waals surface area contributed by atoms with Crippen molar-refractivity contribution in [1.82, 2.24) is 15.0 Å². The molecule has 3 heterocycles. The average molecular weight is 407 g/mol. The molecule has 1 amide bonds. The lowest BCUT2D eigenvalue weighted by molar-refractivity contribution is -0.117. The summed E-state index contributed by atoms with van der Waals surface area (Å²) in [6, 6.07) is 13.0. The minimum atomic E-state index is -0.350. The molecule has 1 saturated heterocycles. The second-order valence-electron chi connectivity index (χ2n) is 7.37. The molecule has 0 radical (unpaired) electrons. The van der Waals surface area contributed by atoms with E-state index < -0.39 is 0 Å². The Labute approximate surface area is 173 Å². The summed E-state index contributed by atoms with van der Waals surface area (Å²) < 4.78 is 13.2. The van der Waals surface area contributed by atoms with Crippen molar-refractivity contribution >= 4 is 17.5 Å². The lowest BCUT2D eigenvalue weighted by Gasteiger charge is -2.19. The van der Waals surface area contributed by atoms with E-state index in [2.05, 4.69) is 15.0 Å². The number of nitrogens with zero attached hydrogens (tertiary/aromatic N) is 4. The maximum Gasteiger partial charge on any atom is 0.252 e. The van der Waals surface area contributed by atoms with Crippen molar-refractivity contribution in [2.75, 3.05) is 29.9 Å². The van der Waals surface area contributed by atoms with Gasteiger partial charge in [0, 0.05) is 62.5 Å². The van der Waals surface area contributed by atoms with Crippen molar-refractivity contribution in [1.29, 1.82) is 0 Å². The number of likely N-dealkylation sites (N-methyl/N-ethyl adjacent to an activating group) is 1. The quantitative estimate of drug-likeness (QED) is 0.679. The van der Waals surface area contributed by atoms with Gasteiger partial charge in [0.1, 0.15) is 5.82 Å². The topological polar surface area (TPSA) is 82.2 Å². The number of H-pyrrole nitrogens is 1. The highest BCUT2D eigenvalue weighted by molar-refractivity contribution is 5.96. The highest BCUT2D eigenvalue weighted by atomic mass is 19.1. The Bertz CT molecular complexity index is 1080. The predicted molar refractivity (Wildman–Crippen MR) is 112 cm³/mol. The number of amides is 1. The number of anilines is 2. The van der Waals surface area contributed by atoms with Gasteiger partial charge in [-0.25, -0.2) is 9.37 Å². The predicted octanol–water partition coefficient (Wildman–Crippen LogP) is 2.50. The van der Waals surface area contributed by atoms with Gasteiger partial charge < -0.3 is 9.80 Å². The molecule has 0 bridgehead atoms. The number of halogens is 1. The number of aromatic nitrogens is 3. The summed E-state index contributed by atoms with van der Waals surface area (Å²) in [5.74, 6) is -0.163. The molecular weight excluding hydrogens is 385 g/mol. The highest BCUT2D eigenvalue weighted by Crippen LogP contribution is 2.31. The zero-order valence-electron chi connectivity index (χ0n) is 16.6. The molecule has 7 nitrogen and oxygen atoms in total. The Kier molecular flexibility index (Phi) is 5.56. The van der Waals surface area contributed by atoms with Gasteiger partial charge in [-0.2, -0.15) is 0 Å². The third-order valence-corrected chi connectivity index (χ3v) is 5.22. The Morgan fingerprint density at radius 1 is 1.20 bits per heavy atom. The first kappa shape index (κ1) is 19.8. The van der Waals surface area contributed by atoms with Gasteiger partial charge in [0.25, 0.3) is 5.56 Å². The van der Waals surface area contributed by atoms with Gasteiger partial charge in [-0.15, -0.1) is 0 Å². The van der Waals surface area contributed by atoms with E-state index in [0.29, 0.717) is 36.8 Å². The number of aromatic amines is 1. The fraction of sp³-hybridized carbons (Fsp3) is 0.273. The van der Waals surface area contributed by atoms with Crippen LogP contribution in [0.3, 0.4) is 0 Å². The molecule has 8 heteroatoms. The molecule has 1 aliphatic rings. The van der Waals surface area contributed by atoms with Gasteiger partial charge in [0.15, 0.2) is 0 Å². The molecule has 1 atom stereocenters. The van der Waals surface area contributed by atoms with Crippen LogP contribution in [0.2, 0.25) is 0 Å². The fourth-order valence-corrected chi connectivity index (χ4v) is 3.56. The smallest absolute Gasteiger partial charge is 0.252 e. The second kappa shape index (κ2) is 8.44. The SMILES string of the molecule is CN(CCc1ccccn1)c1nc(C2CC(=O)N(c3ccc(F)cc3)C2)cc(=O)[nH]1. The van der Waals surface area contributed by atoms with E-state index in [1.54, 1.807) is 23.2 Å². The van der Waals surface area contributed by atoms with Gasteiger partial charge in [-0.3, -0.25) is 19.6 Å². The summed E-state index contributed by atoms with van der Waals surface area (Å²) in [6.07, 6.45) is 2.72. The van der Waals surface area contributed by atoms with E-state index in [-0.39, 0.29) is 29.6 Å². The molecule has 1 fully saturated rings. The first-order chi connectivity index (χ1) is 14.5. The third kappa shape index (κ3) is 4.37. The summed E-state index contributed by atoms with van der Waals surface area (Å²) in [5.41, 5.74) is 1.92. The molecular formula is C22H22FN5O2. The molecule has 1 unspecified atom stereocenters. The van der Waals surface area contributed by atoms with Gasteiger partial charge in [-0.05, 0) is 36.4 Å². The van der Waals surface area contributed by atoms with Crippen LogP contribution in [0.25, 0.3) is 0 Å². The van der Waals surface area contributed by atoms with E-state index in [0.717, 1.165) is 5.69 Å². The number of rotatable bonds is 6. The molecule has 0 spiro atoms. The lowest BCUT2D eigenvalue weighted by atomic mass is 10.0. The molecule has 4 rings (SSSR count). The van der Waals surface area contributed by atoms with E-state index >= 15 is 0 Å². The van der Waals surface area contributed by atoms with Crippen molar-refractivity contribution in [3.05, 3.63) is 82.3 Å². The highest BCUT2D eigenvalue weighted by Gasteiger charge is 2.33. The van der Waals surface area contributed by atoms with Crippen LogP contribution in [0.4, 0.5) is 16.0 Å². The zero-order valence-corrected chi connectivity index (χ0v) is 16.6. The fourth-order valence-electron chi connectivity index (χ4n) is 3.56. The maximum atomic E-state index is 13.2. The molecule has 1 N–H and O–H groups in total. The number of nitrogens with one attached hydrogen (secondary N) is 1. The van der Waals surface area contributed by atoms with Crippen molar-refractivity contribution in [3.8, 4) is 0 Å². The van der Waals surface area contributed by atoms with Gasteiger partial charge in [0.05, 0.1) is 5.69 Å². The zero-order chi connectivity index (χ0) is 21.1. The standard InChI is InChI=1S/C22H22FN5O2/c1-27(11-9-17-4-2-3-10-24-17)22-25-19(13-20(29)26-22)15-12-21(30)28(14-15)18-7-5-16(23)6-8-18/h2-8,10,13,15H,9,11-12,14H2,1H3,(H,25,26,29). The molecule has 2 aromatic heterocycles. The second-order valence-corrected chi connectivity index (χ2v) is 7.37. The summed E-state index contributed by atoms with van der Waals surface area (Å²) in [7, 11) is 1.86. The normalized spacial score (nSPS) is 16.1. The first-order valence-electron chi connectivity index (χ1n) is 9.78. The number of pyridine rings is 1.